The Labute approximate surface area is 276 Å². The second-order valence-electron chi connectivity index (χ2n) is 17.9. The predicted molar refractivity (Wildman–Crippen MR) is 192 cm³/mol. The van der Waals surface area contributed by atoms with Crippen LogP contribution >= 0.6 is 0 Å². The van der Waals surface area contributed by atoms with Gasteiger partial charge in [-0.2, -0.15) is 0 Å². The summed E-state index contributed by atoms with van der Waals surface area (Å²) in [6.45, 7) is 22.4. The number of fused-ring (bicyclic) bond motifs is 6. The van der Waals surface area contributed by atoms with Crippen molar-refractivity contribution < 1.29 is 0 Å². The van der Waals surface area contributed by atoms with Gasteiger partial charge < -0.3 is 11.5 Å². The van der Waals surface area contributed by atoms with E-state index in [4.69, 9.17) is 11.5 Å². The fourth-order valence-corrected chi connectivity index (χ4v) is 11.8. The molecule has 3 nitrogen and oxygen atoms in total. The molecule has 0 radical (unpaired) electrons. The van der Waals surface area contributed by atoms with Gasteiger partial charge in [0.25, 0.3) is 0 Å². The van der Waals surface area contributed by atoms with Crippen molar-refractivity contribution in [1.29, 1.82) is 0 Å². The lowest BCUT2D eigenvalue weighted by Crippen LogP contribution is -2.61. The molecule has 2 aromatic carbocycles. The molecule has 0 amide bonds. The molecule has 4 aliphatic rings. The summed E-state index contributed by atoms with van der Waals surface area (Å²) in [7, 11) is 0. The van der Waals surface area contributed by atoms with Crippen LogP contribution in [0.25, 0.3) is 0 Å². The van der Waals surface area contributed by atoms with Crippen LogP contribution in [0, 0.1) is 22.7 Å². The molecule has 4 N–H and O–H groups in total. The van der Waals surface area contributed by atoms with E-state index in [1.807, 2.05) is 0 Å². The van der Waals surface area contributed by atoms with Crippen molar-refractivity contribution in [2.45, 2.75) is 148 Å². The van der Waals surface area contributed by atoms with E-state index in [2.05, 4.69) is 96.7 Å². The van der Waals surface area contributed by atoms with Gasteiger partial charge >= 0.3 is 0 Å². The second kappa shape index (κ2) is 12.1. The van der Waals surface area contributed by atoms with E-state index >= 15 is 0 Å². The van der Waals surface area contributed by atoms with Gasteiger partial charge in [-0.1, -0.05) is 105 Å². The predicted octanol–water partition coefficient (Wildman–Crippen LogP) is 9.20. The monoisotopic (exact) mass is 612 g/mol. The molecule has 2 aromatic rings. The molecule has 2 saturated carbocycles. The van der Waals surface area contributed by atoms with Crippen molar-refractivity contribution in [1.82, 2.24) is 4.90 Å². The highest BCUT2D eigenvalue weighted by molar-refractivity contribution is 5.43. The molecule has 4 aliphatic carbocycles. The van der Waals surface area contributed by atoms with E-state index in [0.717, 1.165) is 13.1 Å². The maximum Gasteiger partial charge on any atom is 0.0698 e. The molecule has 7 atom stereocenters. The zero-order valence-corrected chi connectivity index (χ0v) is 30.1. The molecule has 0 heterocycles. The minimum absolute atomic E-state index is 0.0889. The largest absolute Gasteiger partial charge is 0.328 e. The van der Waals surface area contributed by atoms with Crippen LogP contribution in [0.5, 0.6) is 0 Å². The third kappa shape index (κ3) is 5.65. The fraction of sp³-hybridized carbons (Fsp3) is 0.714. The summed E-state index contributed by atoms with van der Waals surface area (Å²) in [5.41, 5.74) is 23.9. The van der Waals surface area contributed by atoms with Crippen LogP contribution in [0.15, 0.2) is 36.4 Å². The van der Waals surface area contributed by atoms with Crippen molar-refractivity contribution in [3.8, 4) is 0 Å². The maximum atomic E-state index is 7.02. The average molecular weight is 612 g/mol. The van der Waals surface area contributed by atoms with Crippen molar-refractivity contribution in [2.75, 3.05) is 19.6 Å². The number of rotatable bonds is 8. The Bertz CT molecular complexity index is 1280. The van der Waals surface area contributed by atoms with Crippen molar-refractivity contribution >= 4 is 0 Å². The van der Waals surface area contributed by atoms with Crippen LogP contribution in [0.2, 0.25) is 0 Å². The van der Waals surface area contributed by atoms with E-state index in [1.54, 1.807) is 22.3 Å². The topological polar surface area (TPSA) is 55.3 Å². The SMILES string of the molecule is CC(C)c1ccc2c(c1)CC[C@H]1[C@@](C)(CN(C[C@@]3(C)CCC[C@]4(C)c5ccc(C(C)C)cc5CC[C@@H]34)C(N)CN)CCC[C@]21C. The third-order valence-corrected chi connectivity index (χ3v) is 14.2. The van der Waals surface area contributed by atoms with E-state index in [1.165, 1.54) is 75.3 Å². The zero-order chi connectivity index (χ0) is 32.4. The Morgan fingerprint density at radius 3 is 1.49 bits per heavy atom. The standard InChI is InChI=1S/C42H65N3/c1-28(2)30-11-15-34-32(23-30)13-17-36-39(5,19-9-21-41(34,36)7)26-45(38(44)25-43)27-40(6)20-10-22-42(8)35-16-12-31(29(3)4)24-33(35)14-18-37(40)42/h11-12,15-16,23-24,28-29,36-38H,9-10,13-14,17-22,25-27,43-44H2,1-8H3/t36-,37-,38?,39+,40+,41+,42+/m0/s1. The lowest BCUT2D eigenvalue weighted by molar-refractivity contribution is -0.0511. The highest BCUT2D eigenvalue weighted by atomic mass is 15.2. The molecule has 6 rings (SSSR count). The van der Waals surface area contributed by atoms with Crippen molar-refractivity contribution in [2.24, 2.45) is 34.1 Å². The third-order valence-electron chi connectivity index (χ3n) is 14.2. The molecule has 0 aromatic heterocycles. The van der Waals surface area contributed by atoms with Gasteiger partial charge in [0.1, 0.15) is 0 Å². The van der Waals surface area contributed by atoms with Gasteiger partial charge in [0.05, 0.1) is 6.17 Å². The molecule has 0 spiro atoms. The molecule has 3 heteroatoms. The Balaban J connectivity index is 1.28. The molecule has 248 valence electrons. The Morgan fingerprint density at radius 1 is 0.689 bits per heavy atom. The number of hydrogen-bond acceptors (Lipinski definition) is 3. The minimum Gasteiger partial charge on any atom is -0.328 e. The van der Waals surface area contributed by atoms with Gasteiger partial charge in [-0.3, -0.25) is 4.90 Å². The summed E-state index contributed by atoms with van der Waals surface area (Å²) in [6, 6.07) is 15.0. The smallest absolute Gasteiger partial charge is 0.0698 e. The molecule has 2 fully saturated rings. The molecule has 45 heavy (non-hydrogen) atoms. The van der Waals surface area contributed by atoms with Gasteiger partial charge in [0.2, 0.25) is 0 Å². The summed E-state index contributed by atoms with van der Waals surface area (Å²) in [5, 5.41) is 0. The van der Waals surface area contributed by atoms with Crippen LogP contribution in [0.3, 0.4) is 0 Å². The number of nitrogens with two attached hydrogens (primary N) is 2. The second-order valence-corrected chi connectivity index (χ2v) is 17.9. The van der Waals surface area contributed by atoms with Crippen molar-refractivity contribution in [3.05, 3.63) is 69.8 Å². The molecule has 0 aliphatic heterocycles. The first kappa shape index (κ1) is 33.2. The first-order valence-electron chi connectivity index (χ1n) is 18.7. The molecular weight excluding hydrogens is 546 g/mol. The number of hydrogen-bond donors (Lipinski definition) is 2. The lowest BCUT2D eigenvalue weighted by atomic mass is 9.49. The lowest BCUT2D eigenvalue weighted by Gasteiger charge is -2.59. The quantitative estimate of drug-likeness (QED) is 0.293. The van der Waals surface area contributed by atoms with E-state index in [0.29, 0.717) is 30.2 Å². The molecule has 0 saturated heterocycles. The Morgan fingerprint density at radius 2 is 1.11 bits per heavy atom. The summed E-state index contributed by atoms with van der Waals surface area (Å²) in [5.74, 6) is 2.51. The molecule has 1 unspecified atom stereocenters. The highest BCUT2D eigenvalue weighted by Crippen LogP contribution is 2.60. The summed E-state index contributed by atoms with van der Waals surface area (Å²) >= 11 is 0. The van der Waals surface area contributed by atoms with Crippen LogP contribution in [0.1, 0.15) is 152 Å². The van der Waals surface area contributed by atoms with E-state index in [9.17, 15) is 0 Å². The zero-order valence-electron chi connectivity index (χ0n) is 30.1. The van der Waals surface area contributed by atoms with Crippen LogP contribution in [-0.4, -0.2) is 30.7 Å². The molecule has 0 bridgehead atoms. The number of benzene rings is 2. The summed E-state index contributed by atoms with van der Waals surface area (Å²) in [6.07, 6.45) is 12.7. The summed E-state index contributed by atoms with van der Waals surface area (Å²) in [4.78, 5) is 2.69. The van der Waals surface area contributed by atoms with E-state index < -0.39 is 0 Å². The highest BCUT2D eigenvalue weighted by Gasteiger charge is 2.55. The van der Waals surface area contributed by atoms with Crippen molar-refractivity contribution in [3.63, 3.8) is 0 Å². The first-order chi connectivity index (χ1) is 21.2. The van der Waals surface area contributed by atoms with Gasteiger partial charge in [0.15, 0.2) is 0 Å². The average Bonchev–Trinajstić information content (AvgIpc) is 2.99. The normalized spacial score (nSPS) is 35.1. The Hall–Kier alpha value is -1.68. The van der Waals surface area contributed by atoms with Gasteiger partial charge in [0, 0.05) is 19.6 Å². The van der Waals surface area contributed by atoms with E-state index in [-0.39, 0.29) is 27.8 Å². The minimum atomic E-state index is -0.0889. The maximum absolute atomic E-state index is 7.02. The van der Waals surface area contributed by atoms with Crippen LogP contribution in [0.4, 0.5) is 0 Å². The van der Waals surface area contributed by atoms with Crippen LogP contribution < -0.4 is 11.5 Å². The summed E-state index contributed by atoms with van der Waals surface area (Å²) < 4.78 is 0. The molecular formula is C42H65N3. The number of nitrogens with zero attached hydrogens (tertiary/aromatic N) is 1. The fourth-order valence-electron chi connectivity index (χ4n) is 11.8. The van der Waals surface area contributed by atoms with Gasteiger partial charge in [-0.15, -0.1) is 0 Å². The van der Waals surface area contributed by atoms with Crippen LogP contribution in [-0.2, 0) is 23.7 Å². The number of aryl methyl sites for hydroxylation is 2. The van der Waals surface area contributed by atoms with Gasteiger partial charge in [-0.05, 0) is 130 Å². The Kier molecular flexibility index (Phi) is 8.92. The van der Waals surface area contributed by atoms with Gasteiger partial charge in [-0.25, -0.2) is 0 Å². The first-order valence-corrected chi connectivity index (χ1v) is 18.7.